The molecule has 0 aliphatic heterocycles. The molecular formula is C19H26ClN3O4. The van der Waals surface area contributed by atoms with Gasteiger partial charge in [-0.1, -0.05) is 24.9 Å². The van der Waals surface area contributed by atoms with E-state index in [1.54, 1.807) is 36.3 Å². The number of nitrogens with one attached hydrogen (secondary N) is 1. The number of nitrogens with zero attached hydrogens (tertiary/aromatic N) is 2. The Hall–Kier alpha value is -2.25. The Morgan fingerprint density at radius 1 is 1.26 bits per heavy atom. The van der Waals surface area contributed by atoms with Crippen molar-refractivity contribution in [3.8, 4) is 11.5 Å². The highest BCUT2D eigenvalue weighted by Gasteiger charge is 2.17. The van der Waals surface area contributed by atoms with Gasteiger partial charge in [-0.2, -0.15) is 5.10 Å². The van der Waals surface area contributed by atoms with E-state index in [4.69, 9.17) is 25.8 Å². The van der Waals surface area contributed by atoms with Crippen molar-refractivity contribution < 1.29 is 19.0 Å². The summed E-state index contributed by atoms with van der Waals surface area (Å²) in [5, 5.41) is 7.32. The smallest absolute Gasteiger partial charge is 0.255 e. The Labute approximate surface area is 164 Å². The average Bonchev–Trinajstić information content (AvgIpc) is 3.09. The molecule has 1 N–H and O–H groups in total. The maximum atomic E-state index is 12.6. The number of hydrogen-bond acceptors (Lipinski definition) is 5. The Balaban J connectivity index is 2.14. The van der Waals surface area contributed by atoms with Crippen LogP contribution in [0.5, 0.6) is 11.5 Å². The molecule has 1 aromatic heterocycles. The number of aromatic nitrogens is 2. The van der Waals surface area contributed by atoms with E-state index >= 15 is 0 Å². The largest absolute Gasteiger partial charge is 0.490 e. The third-order valence-electron chi connectivity index (χ3n) is 3.73. The number of halogens is 1. The number of carbonyl (C=O) groups is 1. The second-order valence-electron chi connectivity index (χ2n) is 5.86. The van der Waals surface area contributed by atoms with Gasteiger partial charge in [-0.15, -0.1) is 0 Å². The number of hydrogen-bond donors (Lipinski definition) is 1. The van der Waals surface area contributed by atoms with E-state index < -0.39 is 0 Å². The molecule has 2 rings (SSSR count). The van der Waals surface area contributed by atoms with Crippen LogP contribution in [-0.2, 0) is 11.3 Å². The number of methoxy groups -OCH3 is 1. The molecule has 0 unspecified atom stereocenters. The van der Waals surface area contributed by atoms with Gasteiger partial charge in [0.05, 0.1) is 43.3 Å². The van der Waals surface area contributed by atoms with Crippen molar-refractivity contribution in [1.82, 2.24) is 9.78 Å². The van der Waals surface area contributed by atoms with Gasteiger partial charge < -0.3 is 19.5 Å². The fourth-order valence-corrected chi connectivity index (χ4v) is 2.62. The van der Waals surface area contributed by atoms with Crippen LogP contribution in [0.3, 0.4) is 0 Å². The van der Waals surface area contributed by atoms with Crippen molar-refractivity contribution >= 4 is 23.2 Å². The maximum absolute atomic E-state index is 12.6. The minimum Gasteiger partial charge on any atom is -0.490 e. The maximum Gasteiger partial charge on any atom is 0.255 e. The van der Waals surface area contributed by atoms with Gasteiger partial charge >= 0.3 is 0 Å². The topological polar surface area (TPSA) is 74.6 Å². The molecule has 148 valence electrons. The zero-order valence-corrected chi connectivity index (χ0v) is 16.7. The van der Waals surface area contributed by atoms with Gasteiger partial charge in [-0.3, -0.25) is 9.48 Å². The molecule has 7 nitrogen and oxygen atoms in total. The molecule has 0 spiro atoms. The lowest BCUT2D eigenvalue weighted by Crippen LogP contribution is -2.12. The van der Waals surface area contributed by atoms with Crippen molar-refractivity contribution in [2.45, 2.75) is 33.2 Å². The second kappa shape index (κ2) is 10.8. The van der Waals surface area contributed by atoms with Crippen molar-refractivity contribution in [2.24, 2.45) is 0 Å². The summed E-state index contributed by atoms with van der Waals surface area (Å²) >= 11 is 6.34. The van der Waals surface area contributed by atoms with Crippen LogP contribution in [0.2, 0.25) is 5.02 Å². The number of unbranched alkanes of at least 4 members (excludes halogenated alkanes) is 1. The highest BCUT2D eigenvalue weighted by molar-refractivity contribution is 6.32. The summed E-state index contributed by atoms with van der Waals surface area (Å²) in [6.07, 6.45) is 5.25. The van der Waals surface area contributed by atoms with Gasteiger partial charge in [0.15, 0.2) is 11.5 Å². The third kappa shape index (κ3) is 6.15. The molecule has 1 amide bonds. The summed E-state index contributed by atoms with van der Waals surface area (Å²) in [4.78, 5) is 12.6. The quantitative estimate of drug-likeness (QED) is 0.582. The van der Waals surface area contributed by atoms with Crippen LogP contribution in [0.15, 0.2) is 24.5 Å². The molecule has 0 atom stereocenters. The normalized spacial score (nSPS) is 10.7. The summed E-state index contributed by atoms with van der Waals surface area (Å²) in [6.45, 7) is 6.09. The fraction of sp³-hybridized carbons (Fsp3) is 0.474. The zero-order valence-electron chi connectivity index (χ0n) is 16.0. The van der Waals surface area contributed by atoms with Crippen LogP contribution in [0.1, 0.15) is 37.0 Å². The van der Waals surface area contributed by atoms with Crippen molar-refractivity contribution in [3.05, 3.63) is 35.1 Å². The molecule has 0 saturated heterocycles. The van der Waals surface area contributed by atoms with Gasteiger partial charge in [0.25, 0.3) is 5.91 Å². The molecule has 1 heterocycles. The number of anilines is 1. The molecule has 27 heavy (non-hydrogen) atoms. The Morgan fingerprint density at radius 3 is 2.78 bits per heavy atom. The van der Waals surface area contributed by atoms with E-state index in [9.17, 15) is 4.79 Å². The molecule has 0 aliphatic carbocycles. The van der Waals surface area contributed by atoms with E-state index in [-0.39, 0.29) is 5.91 Å². The van der Waals surface area contributed by atoms with Crippen LogP contribution in [0.4, 0.5) is 5.69 Å². The average molecular weight is 396 g/mol. The van der Waals surface area contributed by atoms with Gasteiger partial charge in [0.2, 0.25) is 0 Å². The van der Waals surface area contributed by atoms with E-state index in [0.717, 1.165) is 12.8 Å². The standard InChI is InChI=1S/C19H26ClN3O4/c1-4-6-8-27-18-16(20)10-14(11-17(18)26-5-2)19(24)22-15-12-21-23(13-15)7-9-25-3/h10-13H,4-9H2,1-3H3,(H,22,24). The molecule has 0 aliphatic rings. The lowest BCUT2D eigenvalue weighted by molar-refractivity contribution is 0.102. The summed E-state index contributed by atoms with van der Waals surface area (Å²) in [5.74, 6) is 0.627. The van der Waals surface area contributed by atoms with Crippen LogP contribution in [-0.4, -0.2) is 42.6 Å². The van der Waals surface area contributed by atoms with Crippen LogP contribution >= 0.6 is 11.6 Å². The number of carbonyl (C=O) groups excluding carboxylic acids is 1. The summed E-state index contributed by atoms with van der Waals surface area (Å²) < 4.78 is 18.1. The number of rotatable bonds is 11. The Kier molecular flexibility index (Phi) is 8.42. The number of benzene rings is 1. The summed E-state index contributed by atoms with van der Waals surface area (Å²) in [7, 11) is 1.63. The lowest BCUT2D eigenvalue weighted by atomic mass is 10.2. The van der Waals surface area contributed by atoms with E-state index in [2.05, 4.69) is 17.3 Å². The first-order valence-electron chi connectivity index (χ1n) is 9.00. The molecule has 2 aromatic rings. The molecule has 0 radical (unpaired) electrons. The zero-order chi connectivity index (χ0) is 19.6. The van der Waals surface area contributed by atoms with Crippen molar-refractivity contribution in [1.29, 1.82) is 0 Å². The SMILES string of the molecule is CCCCOc1c(Cl)cc(C(=O)Nc2cnn(CCOC)c2)cc1OCC. The van der Waals surface area contributed by atoms with Gasteiger partial charge in [0, 0.05) is 18.9 Å². The predicted molar refractivity (Wildman–Crippen MR) is 105 cm³/mol. The number of ether oxygens (including phenoxy) is 3. The predicted octanol–water partition coefficient (Wildman–Crippen LogP) is 4.01. The first kappa shape index (κ1) is 21.1. The first-order valence-corrected chi connectivity index (χ1v) is 9.38. The summed E-state index contributed by atoms with van der Waals surface area (Å²) in [5.41, 5.74) is 0.976. The monoisotopic (exact) mass is 395 g/mol. The number of amides is 1. The highest BCUT2D eigenvalue weighted by Crippen LogP contribution is 2.37. The van der Waals surface area contributed by atoms with Crippen molar-refractivity contribution in [3.63, 3.8) is 0 Å². The van der Waals surface area contributed by atoms with Gasteiger partial charge in [0.1, 0.15) is 0 Å². The van der Waals surface area contributed by atoms with Crippen molar-refractivity contribution in [2.75, 3.05) is 32.2 Å². The molecule has 8 heteroatoms. The first-order chi connectivity index (χ1) is 13.1. The molecule has 0 saturated carbocycles. The Bertz CT molecular complexity index is 749. The molecule has 1 aromatic carbocycles. The minimum absolute atomic E-state index is 0.302. The van der Waals surface area contributed by atoms with Crippen LogP contribution in [0.25, 0.3) is 0 Å². The molecular weight excluding hydrogens is 370 g/mol. The fourth-order valence-electron chi connectivity index (χ4n) is 2.36. The van der Waals surface area contributed by atoms with Gasteiger partial charge in [-0.05, 0) is 25.5 Å². The Morgan fingerprint density at radius 2 is 2.07 bits per heavy atom. The molecule has 0 bridgehead atoms. The molecule has 0 fully saturated rings. The van der Waals surface area contributed by atoms with Gasteiger partial charge in [-0.25, -0.2) is 0 Å². The van der Waals surface area contributed by atoms with E-state index in [1.807, 2.05) is 6.92 Å². The third-order valence-corrected chi connectivity index (χ3v) is 4.01. The van der Waals surface area contributed by atoms with E-state index in [0.29, 0.717) is 54.1 Å². The highest BCUT2D eigenvalue weighted by atomic mass is 35.5. The minimum atomic E-state index is -0.302. The lowest BCUT2D eigenvalue weighted by Gasteiger charge is -2.15. The van der Waals surface area contributed by atoms with E-state index in [1.165, 1.54) is 0 Å². The second-order valence-corrected chi connectivity index (χ2v) is 6.27. The van der Waals surface area contributed by atoms with Crippen LogP contribution < -0.4 is 14.8 Å². The summed E-state index contributed by atoms with van der Waals surface area (Å²) in [6, 6.07) is 3.22. The van der Waals surface area contributed by atoms with Crippen LogP contribution in [0, 0.1) is 0 Å².